The van der Waals surface area contributed by atoms with E-state index >= 15 is 0 Å². The van der Waals surface area contributed by atoms with Crippen LogP contribution in [0.2, 0.25) is 0 Å². The standard InChI is InChI=1S/C18H31NO/c1-7-19(18(3,4)5)14-10-11-15(2)16-12-8-9-13-17(16)20-6/h8-9,12-13,15H,7,10-11,14H2,1-6H3/t15-/m1/s1. The average molecular weight is 277 g/mol. The molecule has 0 aliphatic heterocycles. The van der Waals surface area contributed by atoms with Crippen molar-refractivity contribution in [2.24, 2.45) is 0 Å². The van der Waals surface area contributed by atoms with E-state index < -0.39 is 0 Å². The summed E-state index contributed by atoms with van der Waals surface area (Å²) in [4.78, 5) is 2.54. The van der Waals surface area contributed by atoms with Gasteiger partial charge < -0.3 is 4.74 Å². The van der Waals surface area contributed by atoms with Crippen molar-refractivity contribution < 1.29 is 4.74 Å². The zero-order valence-electron chi connectivity index (χ0n) is 14.1. The quantitative estimate of drug-likeness (QED) is 0.716. The smallest absolute Gasteiger partial charge is 0.122 e. The van der Waals surface area contributed by atoms with Crippen molar-refractivity contribution in [2.45, 2.75) is 58.9 Å². The van der Waals surface area contributed by atoms with E-state index in [-0.39, 0.29) is 5.54 Å². The molecule has 0 spiro atoms. The van der Waals surface area contributed by atoms with Gasteiger partial charge >= 0.3 is 0 Å². The molecule has 1 atom stereocenters. The largest absolute Gasteiger partial charge is 0.496 e. The van der Waals surface area contributed by atoms with Crippen LogP contribution < -0.4 is 4.74 Å². The van der Waals surface area contributed by atoms with Crippen molar-refractivity contribution in [1.82, 2.24) is 4.90 Å². The second kappa shape index (κ2) is 7.68. The molecule has 0 heterocycles. The summed E-state index contributed by atoms with van der Waals surface area (Å²) < 4.78 is 5.46. The van der Waals surface area contributed by atoms with Gasteiger partial charge in [0.2, 0.25) is 0 Å². The first-order valence-electron chi connectivity index (χ1n) is 7.78. The number of methoxy groups -OCH3 is 1. The molecule has 0 amide bonds. The molecule has 0 aromatic heterocycles. The van der Waals surface area contributed by atoms with Crippen molar-refractivity contribution in [1.29, 1.82) is 0 Å². The van der Waals surface area contributed by atoms with Crippen LogP contribution in [0.1, 0.15) is 58.9 Å². The van der Waals surface area contributed by atoms with Gasteiger partial charge in [-0.1, -0.05) is 32.0 Å². The molecule has 0 aliphatic rings. The zero-order chi connectivity index (χ0) is 15.2. The summed E-state index contributed by atoms with van der Waals surface area (Å²) in [6.07, 6.45) is 2.43. The van der Waals surface area contributed by atoms with Gasteiger partial charge in [-0.15, -0.1) is 0 Å². The maximum Gasteiger partial charge on any atom is 0.122 e. The van der Waals surface area contributed by atoms with Gasteiger partial charge in [0.05, 0.1) is 7.11 Å². The fraction of sp³-hybridized carbons (Fsp3) is 0.667. The fourth-order valence-corrected chi connectivity index (χ4v) is 2.79. The molecule has 1 aromatic carbocycles. The monoisotopic (exact) mass is 277 g/mol. The number of benzene rings is 1. The molecule has 0 radical (unpaired) electrons. The van der Waals surface area contributed by atoms with Crippen molar-refractivity contribution in [3.63, 3.8) is 0 Å². The van der Waals surface area contributed by atoms with Crippen molar-refractivity contribution in [2.75, 3.05) is 20.2 Å². The Bertz CT molecular complexity index is 395. The van der Waals surface area contributed by atoms with E-state index in [1.807, 2.05) is 6.07 Å². The van der Waals surface area contributed by atoms with Gasteiger partial charge in [0.25, 0.3) is 0 Å². The summed E-state index contributed by atoms with van der Waals surface area (Å²) in [6.45, 7) is 13.7. The van der Waals surface area contributed by atoms with E-state index in [0.717, 1.165) is 12.3 Å². The Labute approximate surface area is 125 Å². The first-order valence-corrected chi connectivity index (χ1v) is 7.78. The minimum Gasteiger partial charge on any atom is -0.496 e. The van der Waals surface area contributed by atoms with Crippen molar-refractivity contribution in [3.05, 3.63) is 29.8 Å². The summed E-state index contributed by atoms with van der Waals surface area (Å²) in [5, 5.41) is 0. The maximum absolute atomic E-state index is 5.46. The molecule has 1 rings (SSSR count). The molecule has 1 aromatic rings. The van der Waals surface area contributed by atoms with Crippen LogP contribution in [0.3, 0.4) is 0 Å². The minimum absolute atomic E-state index is 0.266. The number of hydrogen-bond donors (Lipinski definition) is 0. The first kappa shape index (κ1) is 17.0. The van der Waals surface area contributed by atoms with Crippen molar-refractivity contribution >= 4 is 0 Å². The number of nitrogens with zero attached hydrogens (tertiary/aromatic N) is 1. The minimum atomic E-state index is 0.266. The van der Waals surface area contributed by atoms with Crippen LogP contribution in [0.4, 0.5) is 0 Å². The number of para-hydroxylation sites is 1. The summed E-state index contributed by atoms with van der Waals surface area (Å²) in [5.41, 5.74) is 1.59. The van der Waals surface area contributed by atoms with Crippen LogP contribution in [-0.2, 0) is 0 Å². The zero-order valence-corrected chi connectivity index (χ0v) is 14.1. The summed E-state index contributed by atoms with van der Waals surface area (Å²) >= 11 is 0. The Kier molecular flexibility index (Phi) is 6.54. The van der Waals surface area contributed by atoms with Gasteiger partial charge in [-0.05, 0) is 64.3 Å². The Morgan fingerprint density at radius 3 is 2.40 bits per heavy atom. The lowest BCUT2D eigenvalue weighted by molar-refractivity contribution is 0.141. The molecular weight excluding hydrogens is 246 g/mol. The lowest BCUT2D eigenvalue weighted by Crippen LogP contribution is -2.41. The molecule has 0 saturated carbocycles. The summed E-state index contributed by atoms with van der Waals surface area (Å²) in [7, 11) is 1.75. The van der Waals surface area contributed by atoms with Crippen LogP contribution in [-0.4, -0.2) is 30.6 Å². The number of rotatable bonds is 7. The molecule has 2 heteroatoms. The highest BCUT2D eigenvalue weighted by atomic mass is 16.5. The Morgan fingerprint density at radius 2 is 1.85 bits per heavy atom. The summed E-state index contributed by atoms with van der Waals surface area (Å²) in [5.74, 6) is 1.56. The normalized spacial score (nSPS) is 13.6. The lowest BCUT2D eigenvalue weighted by Gasteiger charge is -2.35. The second-order valence-electron chi connectivity index (χ2n) is 6.54. The van der Waals surface area contributed by atoms with Crippen molar-refractivity contribution in [3.8, 4) is 5.75 Å². The molecule has 0 bridgehead atoms. The molecule has 0 N–H and O–H groups in total. The van der Waals surface area contributed by atoms with Gasteiger partial charge in [0, 0.05) is 5.54 Å². The first-order chi connectivity index (χ1) is 9.40. The van der Waals surface area contributed by atoms with Crippen LogP contribution in [0.5, 0.6) is 5.75 Å². The van der Waals surface area contributed by atoms with Crippen LogP contribution in [0.15, 0.2) is 24.3 Å². The molecule has 114 valence electrons. The number of hydrogen-bond acceptors (Lipinski definition) is 2. The van der Waals surface area contributed by atoms with Gasteiger partial charge in [-0.3, -0.25) is 4.90 Å². The highest BCUT2D eigenvalue weighted by Crippen LogP contribution is 2.29. The third-order valence-electron chi connectivity index (χ3n) is 4.07. The van der Waals surface area contributed by atoms with E-state index in [1.165, 1.54) is 24.9 Å². The Morgan fingerprint density at radius 1 is 1.20 bits per heavy atom. The molecular formula is C18H31NO. The predicted octanol–water partition coefficient (Wildman–Crippen LogP) is 4.70. The maximum atomic E-state index is 5.46. The molecule has 2 nitrogen and oxygen atoms in total. The molecule has 0 aliphatic carbocycles. The average Bonchev–Trinajstić information content (AvgIpc) is 2.41. The van der Waals surface area contributed by atoms with Crippen LogP contribution in [0.25, 0.3) is 0 Å². The molecule has 20 heavy (non-hydrogen) atoms. The van der Waals surface area contributed by atoms with Crippen LogP contribution in [0, 0.1) is 0 Å². The van der Waals surface area contributed by atoms with E-state index in [4.69, 9.17) is 4.74 Å². The Hall–Kier alpha value is -1.02. The van der Waals surface area contributed by atoms with E-state index in [0.29, 0.717) is 5.92 Å². The second-order valence-corrected chi connectivity index (χ2v) is 6.54. The molecule has 0 fully saturated rings. The topological polar surface area (TPSA) is 12.5 Å². The van der Waals surface area contributed by atoms with E-state index in [1.54, 1.807) is 7.11 Å². The van der Waals surface area contributed by atoms with E-state index in [2.05, 4.69) is 57.7 Å². The highest BCUT2D eigenvalue weighted by molar-refractivity contribution is 5.35. The van der Waals surface area contributed by atoms with Crippen LogP contribution >= 0.6 is 0 Å². The van der Waals surface area contributed by atoms with Gasteiger partial charge in [0.15, 0.2) is 0 Å². The molecule has 0 unspecified atom stereocenters. The highest BCUT2D eigenvalue weighted by Gasteiger charge is 2.19. The SMILES string of the molecule is CCN(CCC[C@@H](C)c1ccccc1OC)C(C)(C)C. The fourth-order valence-electron chi connectivity index (χ4n) is 2.79. The Balaban J connectivity index is 2.53. The molecule has 0 saturated heterocycles. The third-order valence-corrected chi connectivity index (χ3v) is 4.07. The summed E-state index contributed by atoms with van der Waals surface area (Å²) in [6, 6.07) is 8.37. The predicted molar refractivity (Wildman–Crippen MR) is 87.6 cm³/mol. The van der Waals surface area contributed by atoms with Gasteiger partial charge in [-0.2, -0.15) is 0 Å². The van der Waals surface area contributed by atoms with Gasteiger partial charge in [-0.25, -0.2) is 0 Å². The lowest BCUT2D eigenvalue weighted by atomic mass is 9.94. The number of ether oxygens (including phenoxy) is 1. The third kappa shape index (κ3) is 4.82. The van der Waals surface area contributed by atoms with E-state index in [9.17, 15) is 0 Å². The van der Waals surface area contributed by atoms with Gasteiger partial charge in [0.1, 0.15) is 5.75 Å².